The summed E-state index contributed by atoms with van der Waals surface area (Å²) in [6.45, 7) is 3.74. The number of halogens is 3. The van der Waals surface area contributed by atoms with Crippen molar-refractivity contribution in [2.45, 2.75) is 44.8 Å². The molecule has 0 spiro atoms. The maximum absolute atomic E-state index is 13.2. The smallest absolute Gasteiger partial charge is 0.437 e. The topological polar surface area (TPSA) is 97.6 Å². The number of urea groups is 1. The molecule has 2 aromatic heterocycles. The minimum Gasteiger partial charge on any atom is -0.493 e. The number of amides is 3. The second kappa shape index (κ2) is 8.96. The van der Waals surface area contributed by atoms with E-state index in [0.717, 1.165) is 4.90 Å². The van der Waals surface area contributed by atoms with Crippen molar-refractivity contribution in [1.82, 2.24) is 20.4 Å². The van der Waals surface area contributed by atoms with Crippen molar-refractivity contribution in [3.8, 4) is 5.75 Å². The summed E-state index contributed by atoms with van der Waals surface area (Å²) in [5, 5.41) is 5.78. The third-order valence-corrected chi connectivity index (χ3v) is 5.71. The van der Waals surface area contributed by atoms with Gasteiger partial charge in [0.15, 0.2) is 16.8 Å². The fourth-order valence-corrected chi connectivity index (χ4v) is 4.00. The molecule has 34 heavy (non-hydrogen) atoms. The molecular formula is C23H23F3N4O4. The number of rotatable bonds is 8. The number of nitrogens with zero attached hydrogens (tertiary/aromatic N) is 3. The van der Waals surface area contributed by atoms with Crippen LogP contribution in [0.15, 0.2) is 41.1 Å². The van der Waals surface area contributed by atoms with Gasteiger partial charge in [0.05, 0.1) is 17.7 Å². The molecule has 0 aliphatic carbocycles. The second-order valence-electron chi connectivity index (χ2n) is 8.13. The van der Waals surface area contributed by atoms with E-state index in [0.29, 0.717) is 36.3 Å². The molecular weight excluding hydrogens is 453 g/mol. The number of carbonyl (C=O) groups is 2. The zero-order valence-corrected chi connectivity index (χ0v) is 18.6. The first-order valence-electron chi connectivity index (χ1n) is 10.8. The van der Waals surface area contributed by atoms with Crippen LogP contribution >= 0.6 is 0 Å². The Labute approximate surface area is 193 Å². The van der Waals surface area contributed by atoms with E-state index in [1.165, 1.54) is 12.1 Å². The first-order valence-corrected chi connectivity index (χ1v) is 10.8. The number of hydrogen-bond donors (Lipinski definition) is 1. The van der Waals surface area contributed by atoms with Crippen LogP contribution in [0.5, 0.6) is 5.75 Å². The van der Waals surface area contributed by atoms with E-state index in [4.69, 9.17) is 9.26 Å². The predicted molar refractivity (Wildman–Crippen MR) is 115 cm³/mol. The standard InChI is InChI=1S/C23H23F3N4O4/c1-3-7-14-16(10-9-15-18(14)34-29-19(15)23(24,25)26)33-13-6-12-30-20(31)22(2,28-21(30)32)17-8-4-5-11-27-17/h4-5,8-11H,3,6-7,12-13H2,1-2H3,(H,28,32)/t22-/m0/s1. The molecule has 3 amide bonds. The van der Waals surface area contributed by atoms with Crippen LogP contribution < -0.4 is 10.1 Å². The number of aryl methyl sites for hydroxylation is 1. The van der Waals surface area contributed by atoms with Crippen molar-refractivity contribution in [2.75, 3.05) is 13.2 Å². The largest absolute Gasteiger partial charge is 0.493 e. The summed E-state index contributed by atoms with van der Waals surface area (Å²) in [5.41, 5.74) is -1.33. The van der Waals surface area contributed by atoms with Crippen molar-refractivity contribution in [1.29, 1.82) is 0 Å². The van der Waals surface area contributed by atoms with Gasteiger partial charge >= 0.3 is 12.2 Å². The zero-order valence-electron chi connectivity index (χ0n) is 18.6. The molecule has 4 rings (SSSR count). The van der Waals surface area contributed by atoms with E-state index >= 15 is 0 Å². The normalized spacial score (nSPS) is 18.6. The van der Waals surface area contributed by atoms with E-state index in [1.54, 1.807) is 31.3 Å². The summed E-state index contributed by atoms with van der Waals surface area (Å²) in [5.74, 6) is -0.0274. The number of pyridine rings is 1. The van der Waals surface area contributed by atoms with Crippen molar-refractivity contribution < 1.29 is 32.0 Å². The van der Waals surface area contributed by atoms with Gasteiger partial charge in [0.1, 0.15) is 5.75 Å². The number of ether oxygens (including phenoxy) is 1. The molecule has 8 nitrogen and oxygen atoms in total. The first-order chi connectivity index (χ1) is 16.2. The Morgan fingerprint density at radius 2 is 2.00 bits per heavy atom. The molecule has 180 valence electrons. The van der Waals surface area contributed by atoms with Crippen LogP contribution in [-0.4, -0.2) is 40.1 Å². The molecule has 1 saturated heterocycles. The molecule has 0 unspecified atom stereocenters. The van der Waals surface area contributed by atoms with Crippen LogP contribution in [0.1, 0.15) is 43.6 Å². The molecule has 3 heterocycles. The lowest BCUT2D eigenvalue weighted by Crippen LogP contribution is -2.41. The third-order valence-electron chi connectivity index (χ3n) is 5.71. The second-order valence-corrected chi connectivity index (χ2v) is 8.13. The van der Waals surface area contributed by atoms with Gasteiger partial charge in [0.2, 0.25) is 0 Å². The Hall–Kier alpha value is -3.63. The lowest BCUT2D eigenvalue weighted by molar-refractivity contribution is -0.141. The number of alkyl halides is 3. The van der Waals surface area contributed by atoms with Gasteiger partial charge < -0.3 is 14.6 Å². The molecule has 1 aliphatic heterocycles. The quantitative estimate of drug-likeness (QED) is 0.382. The van der Waals surface area contributed by atoms with Crippen LogP contribution in [0, 0.1) is 0 Å². The van der Waals surface area contributed by atoms with E-state index in [9.17, 15) is 22.8 Å². The SMILES string of the molecule is CCCc1c(OCCCN2C(=O)N[C@@](C)(c3ccccn3)C2=O)ccc2c(C(F)(F)F)noc12. The van der Waals surface area contributed by atoms with Gasteiger partial charge in [-0.05, 0) is 44.0 Å². The third kappa shape index (κ3) is 4.17. The summed E-state index contributed by atoms with van der Waals surface area (Å²) < 4.78 is 50.3. The molecule has 1 fully saturated rings. The maximum atomic E-state index is 13.2. The van der Waals surface area contributed by atoms with E-state index in [-0.39, 0.29) is 24.1 Å². The molecule has 1 N–H and O–H groups in total. The van der Waals surface area contributed by atoms with Gasteiger partial charge in [0, 0.05) is 18.3 Å². The summed E-state index contributed by atoms with van der Waals surface area (Å²) in [4.78, 5) is 30.6. The Morgan fingerprint density at radius 3 is 2.68 bits per heavy atom. The molecule has 0 bridgehead atoms. The van der Waals surface area contributed by atoms with Crippen molar-refractivity contribution in [3.63, 3.8) is 0 Å². The van der Waals surface area contributed by atoms with Crippen LogP contribution in [0.3, 0.4) is 0 Å². The number of carbonyl (C=O) groups excluding carboxylic acids is 2. The highest BCUT2D eigenvalue weighted by atomic mass is 19.4. The molecule has 0 saturated carbocycles. The molecule has 11 heteroatoms. The number of benzene rings is 1. The number of nitrogens with one attached hydrogen (secondary N) is 1. The average Bonchev–Trinajstić information content (AvgIpc) is 3.33. The lowest BCUT2D eigenvalue weighted by Gasteiger charge is -2.21. The average molecular weight is 476 g/mol. The van der Waals surface area contributed by atoms with Crippen LogP contribution in [0.25, 0.3) is 11.0 Å². The Kier molecular flexibility index (Phi) is 6.20. The van der Waals surface area contributed by atoms with Crippen LogP contribution in [0.4, 0.5) is 18.0 Å². The van der Waals surface area contributed by atoms with Crippen LogP contribution in [-0.2, 0) is 22.9 Å². The summed E-state index contributed by atoms with van der Waals surface area (Å²) in [7, 11) is 0. The number of hydrogen-bond acceptors (Lipinski definition) is 6. The molecule has 3 aromatic rings. The fraction of sp³-hybridized carbons (Fsp3) is 0.391. The van der Waals surface area contributed by atoms with Gasteiger partial charge in [0.25, 0.3) is 5.91 Å². The first kappa shape index (κ1) is 23.5. The molecule has 0 radical (unpaired) electrons. The summed E-state index contributed by atoms with van der Waals surface area (Å²) >= 11 is 0. The number of imide groups is 1. The van der Waals surface area contributed by atoms with Gasteiger partial charge in [-0.2, -0.15) is 13.2 Å². The monoisotopic (exact) mass is 476 g/mol. The van der Waals surface area contributed by atoms with Crippen molar-refractivity contribution in [2.24, 2.45) is 0 Å². The number of fused-ring (bicyclic) bond motifs is 1. The molecule has 1 aromatic carbocycles. The Morgan fingerprint density at radius 1 is 1.21 bits per heavy atom. The highest BCUT2D eigenvalue weighted by Gasteiger charge is 2.49. The van der Waals surface area contributed by atoms with Gasteiger partial charge in [-0.3, -0.25) is 14.7 Å². The molecule has 1 aliphatic rings. The zero-order chi connectivity index (χ0) is 24.5. The highest BCUT2D eigenvalue weighted by Crippen LogP contribution is 2.38. The van der Waals surface area contributed by atoms with Crippen LogP contribution in [0.2, 0.25) is 0 Å². The van der Waals surface area contributed by atoms with E-state index < -0.39 is 29.3 Å². The lowest BCUT2D eigenvalue weighted by atomic mass is 9.97. The van der Waals surface area contributed by atoms with Gasteiger partial charge in [-0.15, -0.1) is 0 Å². The fourth-order valence-electron chi connectivity index (χ4n) is 4.00. The Bertz CT molecular complexity index is 1210. The minimum atomic E-state index is -4.62. The summed E-state index contributed by atoms with van der Waals surface area (Å²) in [6.07, 6.45) is -1.65. The predicted octanol–water partition coefficient (Wildman–Crippen LogP) is 4.43. The Balaban J connectivity index is 1.44. The number of aromatic nitrogens is 2. The minimum absolute atomic E-state index is 0.0481. The van der Waals surface area contributed by atoms with Crippen molar-refractivity contribution >= 4 is 22.9 Å². The van der Waals surface area contributed by atoms with E-state index in [2.05, 4.69) is 15.5 Å². The molecule has 1 atom stereocenters. The van der Waals surface area contributed by atoms with Crippen molar-refractivity contribution in [3.05, 3.63) is 53.5 Å². The van der Waals surface area contributed by atoms with E-state index in [1.807, 2.05) is 6.92 Å². The summed E-state index contributed by atoms with van der Waals surface area (Å²) in [6, 6.07) is 7.35. The maximum Gasteiger partial charge on any atom is 0.437 e. The van der Waals surface area contributed by atoms with Gasteiger partial charge in [-0.25, -0.2) is 4.79 Å². The highest BCUT2D eigenvalue weighted by molar-refractivity contribution is 6.06. The van der Waals surface area contributed by atoms with Gasteiger partial charge in [-0.1, -0.05) is 24.6 Å².